The molecule has 0 aromatic heterocycles. The van der Waals surface area contributed by atoms with E-state index in [0.717, 1.165) is 43.6 Å². The van der Waals surface area contributed by atoms with Crippen molar-refractivity contribution in [3.05, 3.63) is 101 Å². The van der Waals surface area contributed by atoms with E-state index in [2.05, 4.69) is 34.5 Å². The van der Waals surface area contributed by atoms with E-state index >= 15 is 0 Å². The van der Waals surface area contributed by atoms with Crippen LogP contribution < -0.4 is 10.1 Å². The summed E-state index contributed by atoms with van der Waals surface area (Å²) in [5, 5.41) is 12.6. The van der Waals surface area contributed by atoms with E-state index in [1.54, 1.807) is 12.1 Å². The molecule has 3 aromatic rings. The van der Waals surface area contributed by atoms with Gasteiger partial charge in [-0.1, -0.05) is 60.7 Å². The van der Waals surface area contributed by atoms with Crippen LogP contribution in [0.2, 0.25) is 0 Å². The highest BCUT2D eigenvalue weighted by Gasteiger charge is 2.16. The first-order chi connectivity index (χ1) is 15.7. The average Bonchev–Trinajstić information content (AvgIpc) is 2.84. The highest BCUT2D eigenvalue weighted by atomic mass is 16.5. The second-order valence-corrected chi connectivity index (χ2v) is 8.31. The molecule has 1 aliphatic rings. The predicted molar refractivity (Wildman–Crippen MR) is 125 cm³/mol. The quantitative estimate of drug-likeness (QED) is 0.564. The van der Waals surface area contributed by atoms with Gasteiger partial charge in [0, 0.05) is 31.7 Å². The number of carbonyl (C=O) groups is 1. The van der Waals surface area contributed by atoms with Crippen LogP contribution in [0, 0.1) is 0 Å². The Kier molecular flexibility index (Phi) is 7.54. The van der Waals surface area contributed by atoms with Crippen LogP contribution in [-0.4, -0.2) is 35.1 Å². The first-order valence-corrected chi connectivity index (χ1v) is 11.2. The Balaban J connectivity index is 1.26. The van der Waals surface area contributed by atoms with E-state index in [9.17, 15) is 9.90 Å². The fourth-order valence-corrected chi connectivity index (χ4v) is 3.85. The van der Waals surface area contributed by atoms with Crippen molar-refractivity contribution in [2.75, 3.05) is 13.1 Å². The van der Waals surface area contributed by atoms with Gasteiger partial charge in [-0.05, 0) is 47.7 Å². The molecule has 3 aromatic carbocycles. The number of likely N-dealkylation sites (tertiary alicyclic amines) is 1. The summed E-state index contributed by atoms with van der Waals surface area (Å²) >= 11 is 0. The van der Waals surface area contributed by atoms with Gasteiger partial charge in [-0.3, -0.25) is 9.69 Å². The van der Waals surface area contributed by atoms with Gasteiger partial charge in [0.05, 0.1) is 6.10 Å². The zero-order valence-electron chi connectivity index (χ0n) is 18.2. The number of piperidine rings is 1. The summed E-state index contributed by atoms with van der Waals surface area (Å²) in [7, 11) is 0. The van der Waals surface area contributed by atoms with Gasteiger partial charge in [-0.15, -0.1) is 0 Å². The maximum absolute atomic E-state index is 12.6. The fraction of sp³-hybridized carbons (Fsp3) is 0.296. The number of nitrogens with zero attached hydrogens (tertiary/aromatic N) is 1. The first kappa shape index (κ1) is 22.1. The van der Waals surface area contributed by atoms with E-state index in [-0.39, 0.29) is 12.0 Å². The lowest BCUT2D eigenvalue weighted by molar-refractivity contribution is 0.0792. The van der Waals surface area contributed by atoms with Gasteiger partial charge in [0.1, 0.15) is 12.4 Å². The number of hydrogen-bond acceptors (Lipinski definition) is 4. The zero-order valence-corrected chi connectivity index (χ0v) is 18.2. The molecule has 1 amide bonds. The minimum atomic E-state index is -0.145. The molecule has 0 spiro atoms. The number of hydrogen-bond donors (Lipinski definition) is 2. The van der Waals surface area contributed by atoms with Crippen LogP contribution in [0.1, 0.15) is 39.9 Å². The van der Waals surface area contributed by atoms with Crippen LogP contribution in [-0.2, 0) is 19.7 Å². The Morgan fingerprint density at radius 3 is 2.38 bits per heavy atom. The second-order valence-electron chi connectivity index (χ2n) is 8.31. The molecule has 5 nitrogen and oxygen atoms in total. The van der Waals surface area contributed by atoms with Crippen molar-refractivity contribution in [2.45, 2.75) is 38.6 Å². The summed E-state index contributed by atoms with van der Waals surface area (Å²) in [4.78, 5) is 15.0. The van der Waals surface area contributed by atoms with Crippen LogP contribution in [0.25, 0.3) is 0 Å². The third-order valence-corrected chi connectivity index (χ3v) is 5.78. The molecule has 0 radical (unpaired) electrons. The third kappa shape index (κ3) is 6.42. The largest absolute Gasteiger partial charge is 0.489 e. The average molecular weight is 431 g/mol. The normalized spacial score (nSPS) is 14.8. The highest BCUT2D eigenvalue weighted by Crippen LogP contribution is 2.16. The summed E-state index contributed by atoms with van der Waals surface area (Å²) in [6.45, 7) is 3.72. The third-order valence-electron chi connectivity index (χ3n) is 5.78. The lowest BCUT2D eigenvalue weighted by Gasteiger charge is -2.29. The van der Waals surface area contributed by atoms with Crippen molar-refractivity contribution < 1.29 is 14.6 Å². The van der Waals surface area contributed by atoms with E-state index in [1.807, 2.05) is 42.5 Å². The van der Waals surface area contributed by atoms with Crippen LogP contribution in [0.15, 0.2) is 78.9 Å². The SMILES string of the molecule is O=C(NCc1ccc(CN2CCC(O)CC2)cc1)c1cccc(OCc2ccccc2)c1. The Morgan fingerprint density at radius 2 is 1.62 bits per heavy atom. The minimum Gasteiger partial charge on any atom is -0.489 e. The maximum atomic E-state index is 12.6. The van der Waals surface area contributed by atoms with Crippen molar-refractivity contribution in [1.82, 2.24) is 10.2 Å². The molecule has 0 saturated carbocycles. The smallest absolute Gasteiger partial charge is 0.251 e. The van der Waals surface area contributed by atoms with Gasteiger partial charge in [0.2, 0.25) is 0 Å². The second kappa shape index (κ2) is 10.9. The summed E-state index contributed by atoms with van der Waals surface area (Å²) in [6.07, 6.45) is 1.55. The van der Waals surface area contributed by atoms with Crippen LogP contribution in [0.3, 0.4) is 0 Å². The van der Waals surface area contributed by atoms with Crippen molar-refractivity contribution in [3.63, 3.8) is 0 Å². The molecule has 0 atom stereocenters. The molecular weight excluding hydrogens is 400 g/mol. The van der Waals surface area contributed by atoms with Gasteiger partial charge < -0.3 is 15.2 Å². The molecule has 5 heteroatoms. The molecule has 32 heavy (non-hydrogen) atoms. The molecular formula is C27H30N2O3. The van der Waals surface area contributed by atoms with Crippen molar-refractivity contribution >= 4 is 5.91 Å². The highest BCUT2D eigenvalue weighted by molar-refractivity contribution is 5.94. The minimum absolute atomic E-state index is 0.119. The lowest BCUT2D eigenvalue weighted by Crippen LogP contribution is -2.35. The summed E-state index contributed by atoms with van der Waals surface area (Å²) in [5.41, 5.74) is 3.98. The van der Waals surface area contributed by atoms with Crippen LogP contribution >= 0.6 is 0 Å². The van der Waals surface area contributed by atoms with Gasteiger partial charge >= 0.3 is 0 Å². The molecule has 1 fully saturated rings. The van der Waals surface area contributed by atoms with Gasteiger partial charge in [-0.25, -0.2) is 0 Å². The summed E-state index contributed by atoms with van der Waals surface area (Å²) in [6, 6.07) is 25.6. The Hall–Kier alpha value is -3.15. The summed E-state index contributed by atoms with van der Waals surface area (Å²) < 4.78 is 5.83. The number of amides is 1. The standard InChI is InChI=1S/C27H30N2O3/c30-25-13-15-29(16-14-25)19-22-11-9-21(10-12-22)18-28-27(31)24-7-4-8-26(17-24)32-20-23-5-2-1-3-6-23/h1-12,17,25,30H,13-16,18-20H2,(H,28,31). The van der Waals surface area contributed by atoms with Crippen molar-refractivity contribution in [2.24, 2.45) is 0 Å². The molecule has 166 valence electrons. The van der Waals surface area contributed by atoms with Crippen molar-refractivity contribution in [3.8, 4) is 5.75 Å². The van der Waals surface area contributed by atoms with E-state index in [4.69, 9.17) is 4.74 Å². The Morgan fingerprint density at radius 1 is 0.906 bits per heavy atom. The number of nitrogens with one attached hydrogen (secondary N) is 1. The van der Waals surface area contributed by atoms with Gasteiger partial charge in [0.25, 0.3) is 5.91 Å². The van der Waals surface area contributed by atoms with Crippen LogP contribution in [0.4, 0.5) is 0 Å². The molecule has 1 aliphatic heterocycles. The molecule has 4 rings (SSSR count). The number of carbonyl (C=O) groups excluding carboxylic acids is 1. The number of benzene rings is 3. The topological polar surface area (TPSA) is 61.8 Å². The summed E-state index contributed by atoms with van der Waals surface area (Å²) in [5.74, 6) is 0.558. The van der Waals surface area contributed by atoms with E-state index < -0.39 is 0 Å². The van der Waals surface area contributed by atoms with E-state index in [1.165, 1.54) is 5.56 Å². The predicted octanol–water partition coefficient (Wildman–Crippen LogP) is 4.15. The molecule has 2 N–H and O–H groups in total. The van der Waals surface area contributed by atoms with E-state index in [0.29, 0.717) is 24.5 Å². The Bertz CT molecular complexity index is 997. The van der Waals surface area contributed by atoms with Crippen LogP contribution in [0.5, 0.6) is 5.75 Å². The van der Waals surface area contributed by atoms with Gasteiger partial charge in [0.15, 0.2) is 0 Å². The number of aliphatic hydroxyl groups excluding tert-OH is 1. The number of rotatable bonds is 8. The van der Waals surface area contributed by atoms with Gasteiger partial charge in [-0.2, -0.15) is 0 Å². The monoisotopic (exact) mass is 430 g/mol. The molecule has 1 heterocycles. The maximum Gasteiger partial charge on any atom is 0.251 e. The Labute approximate surface area is 189 Å². The molecule has 0 bridgehead atoms. The molecule has 0 aliphatic carbocycles. The fourth-order valence-electron chi connectivity index (χ4n) is 3.85. The molecule has 1 saturated heterocycles. The number of aliphatic hydroxyl groups is 1. The van der Waals surface area contributed by atoms with Crippen molar-refractivity contribution in [1.29, 1.82) is 0 Å². The zero-order chi connectivity index (χ0) is 22.2. The first-order valence-electron chi connectivity index (χ1n) is 11.2. The molecule has 0 unspecified atom stereocenters. The number of ether oxygens (including phenoxy) is 1. The lowest BCUT2D eigenvalue weighted by atomic mass is 10.1.